The van der Waals surface area contributed by atoms with E-state index < -0.39 is 0 Å². The van der Waals surface area contributed by atoms with E-state index in [0.717, 1.165) is 11.4 Å². The molecule has 0 radical (unpaired) electrons. The summed E-state index contributed by atoms with van der Waals surface area (Å²) < 4.78 is 0. The minimum Gasteiger partial charge on any atom is -0.335 e. The number of benzene rings is 6. The molecule has 2 atom stereocenters. The molecule has 10 rings (SSSR count). The predicted molar refractivity (Wildman–Crippen MR) is 250 cm³/mol. The van der Waals surface area contributed by atoms with Crippen LogP contribution in [0.2, 0.25) is 0 Å². The molecule has 6 aromatic carbocycles. The van der Waals surface area contributed by atoms with Gasteiger partial charge in [-0.3, -0.25) is 0 Å². The van der Waals surface area contributed by atoms with Crippen LogP contribution in [-0.2, 0) is 16.2 Å². The van der Waals surface area contributed by atoms with E-state index in [1.54, 1.807) is 0 Å². The summed E-state index contributed by atoms with van der Waals surface area (Å²) in [6, 6.07) is 47.3. The molecular formula is C54H58BN3. The van der Waals surface area contributed by atoms with Gasteiger partial charge in [-0.05, 0) is 132 Å². The lowest BCUT2D eigenvalue weighted by molar-refractivity contribution is 0.195. The van der Waals surface area contributed by atoms with Gasteiger partial charge >= 0.3 is 0 Å². The summed E-state index contributed by atoms with van der Waals surface area (Å²) in [7, 11) is 0. The molecule has 2 unspecified atom stereocenters. The molecule has 3 nitrogen and oxygen atoms in total. The second-order valence-corrected chi connectivity index (χ2v) is 20.4. The molecule has 4 heteroatoms. The number of hydrogen-bond donors (Lipinski definition) is 0. The predicted octanol–water partition coefficient (Wildman–Crippen LogP) is 12.7. The molecule has 0 bridgehead atoms. The molecular weight excluding hydrogens is 701 g/mol. The van der Waals surface area contributed by atoms with Gasteiger partial charge < -0.3 is 14.7 Å². The molecule has 58 heavy (non-hydrogen) atoms. The molecule has 0 aromatic heterocycles. The summed E-state index contributed by atoms with van der Waals surface area (Å²) in [5, 5.41) is 0. The summed E-state index contributed by atoms with van der Waals surface area (Å²) in [6.45, 7) is 23.7. The second-order valence-electron chi connectivity index (χ2n) is 20.4. The molecule has 3 aliphatic heterocycles. The summed E-state index contributed by atoms with van der Waals surface area (Å²) in [5.41, 5.74) is 21.1. The Kier molecular flexibility index (Phi) is 8.08. The van der Waals surface area contributed by atoms with Crippen molar-refractivity contribution in [1.29, 1.82) is 0 Å². The standard InChI is InChI=1S/C54H58BN3/c1-35-19-24-39(25-20-35)56(40-26-21-36(2)22-27-40)42-33-47-49-48(34-42)58-50-43(53(9)29-11-12-30-54(53,58)10)17-14-18-45(50)55(49)44-28-23-38(52(6,7)8)32-46(44)57(47)41-16-13-15-37(31-41)51(3,4)5/h13-28,31-34H,11-12,29-30H2,1-10H3. The first-order valence-electron chi connectivity index (χ1n) is 21.7. The van der Waals surface area contributed by atoms with Crippen molar-refractivity contribution in [2.75, 3.05) is 14.7 Å². The highest BCUT2D eigenvalue weighted by Gasteiger charge is 2.61. The third kappa shape index (κ3) is 5.32. The lowest BCUT2D eigenvalue weighted by Crippen LogP contribution is -2.64. The van der Waals surface area contributed by atoms with Gasteiger partial charge in [0.25, 0.3) is 6.71 Å². The largest absolute Gasteiger partial charge is 0.335 e. The first-order chi connectivity index (χ1) is 27.6. The van der Waals surface area contributed by atoms with Gasteiger partial charge in [0.1, 0.15) is 0 Å². The minimum atomic E-state index is -0.0626. The third-order valence-corrected chi connectivity index (χ3v) is 14.6. The van der Waals surface area contributed by atoms with E-state index in [0.29, 0.717) is 0 Å². The maximum Gasteiger partial charge on any atom is 0.252 e. The number of rotatable bonds is 4. The van der Waals surface area contributed by atoms with Crippen molar-refractivity contribution < 1.29 is 0 Å². The fourth-order valence-corrected chi connectivity index (χ4v) is 11.1. The topological polar surface area (TPSA) is 9.72 Å². The Balaban J connectivity index is 1.35. The summed E-state index contributed by atoms with van der Waals surface area (Å²) in [6.07, 6.45) is 4.90. The van der Waals surface area contributed by atoms with Crippen molar-refractivity contribution in [3.05, 3.63) is 149 Å². The van der Waals surface area contributed by atoms with Crippen LogP contribution in [0.25, 0.3) is 0 Å². The van der Waals surface area contributed by atoms with E-state index in [1.165, 1.54) is 104 Å². The van der Waals surface area contributed by atoms with E-state index >= 15 is 0 Å². The molecule has 0 saturated heterocycles. The monoisotopic (exact) mass is 759 g/mol. The van der Waals surface area contributed by atoms with Gasteiger partial charge in [-0.2, -0.15) is 0 Å². The molecule has 3 heterocycles. The quantitative estimate of drug-likeness (QED) is 0.166. The van der Waals surface area contributed by atoms with Crippen molar-refractivity contribution in [1.82, 2.24) is 0 Å². The van der Waals surface area contributed by atoms with Crippen LogP contribution in [-0.4, -0.2) is 12.3 Å². The SMILES string of the molecule is Cc1ccc(N(c2ccc(C)cc2)c2cc3c4c(c2)N2c5c(cccc5C5(C)CCCCC25C)B4c2ccc(C(C)(C)C)cc2N3c2cccc(C(C)(C)C)c2)cc1. The minimum absolute atomic E-state index is 0.00426. The third-order valence-electron chi connectivity index (χ3n) is 14.6. The fraction of sp³-hybridized carbons (Fsp3) is 0.333. The molecule has 0 amide bonds. The van der Waals surface area contributed by atoms with Crippen LogP contribution in [0.4, 0.5) is 45.5 Å². The highest BCUT2D eigenvalue weighted by molar-refractivity contribution is 7.00. The maximum atomic E-state index is 2.86. The number of para-hydroxylation sites is 1. The molecule has 0 N–H and O–H groups in total. The van der Waals surface area contributed by atoms with E-state index in [9.17, 15) is 0 Å². The lowest BCUT2D eigenvalue weighted by Gasteiger charge is -2.53. The van der Waals surface area contributed by atoms with Crippen molar-refractivity contribution >= 4 is 68.6 Å². The fourth-order valence-electron chi connectivity index (χ4n) is 11.1. The van der Waals surface area contributed by atoms with Gasteiger partial charge in [-0.25, -0.2) is 0 Å². The Bertz CT molecular complexity index is 2560. The highest BCUT2D eigenvalue weighted by Crippen LogP contribution is 2.62. The van der Waals surface area contributed by atoms with Crippen LogP contribution in [0, 0.1) is 13.8 Å². The van der Waals surface area contributed by atoms with E-state index in [4.69, 9.17) is 0 Å². The molecule has 1 fully saturated rings. The first kappa shape index (κ1) is 37.1. The summed E-state index contributed by atoms with van der Waals surface area (Å²) in [5.74, 6) is 0. The average molecular weight is 760 g/mol. The van der Waals surface area contributed by atoms with Gasteiger partial charge in [0.15, 0.2) is 0 Å². The second kappa shape index (κ2) is 12.6. The highest BCUT2D eigenvalue weighted by atomic mass is 15.3. The van der Waals surface area contributed by atoms with Crippen LogP contribution in [0.5, 0.6) is 0 Å². The lowest BCUT2D eigenvalue weighted by atomic mass is 9.33. The molecule has 4 aliphatic rings. The van der Waals surface area contributed by atoms with Crippen molar-refractivity contribution in [2.45, 2.75) is 117 Å². The van der Waals surface area contributed by atoms with E-state index in [1.807, 2.05) is 0 Å². The van der Waals surface area contributed by atoms with Crippen LogP contribution >= 0.6 is 0 Å². The van der Waals surface area contributed by atoms with Crippen LogP contribution in [0.1, 0.15) is 109 Å². The first-order valence-corrected chi connectivity index (χ1v) is 21.7. The normalized spacial score (nSPS) is 20.3. The summed E-state index contributed by atoms with van der Waals surface area (Å²) in [4.78, 5) is 7.99. The zero-order valence-electron chi connectivity index (χ0n) is 36.3. The molecule has 292 valence electrons. The smallest absolute Gasteiger partial charge is 0.252 e. The molecule has 6 aromatic rings. The maximum absolute atomic E-state index is 2.86. The van der Waals surface area contributed by atoms with Gasteiger partial charge in [0.2, 0.25) is 0 Å². The van der Waals surface area contributed by atoms with Gasteiger partial charge in [0, 0.05) is 45.2 Å². The van der Waals surface area contributed by atoms with Crippen molar-refractivity contribution in [3.8, 4) is 0 Å². The Labute approximate surface area is 347 Å². The molecule has 0 spiro atoms. The van der Waals surface area contributed by atoms with E-state index in [2.05, 4.69) is 205 Å². The number of nitrogens with zero attached hydrogens (tertiary/aromatic N) is 3. The summed E-state index contributed by atoms with van der Waals surface area (Å²) >= 11 is 0. The Morgan fingerprint density at radius 3 is 1.83 bits per heavy atom. The zero-order chi connectivity index (χ0) is 40.5. The number of anilines is 8. The van der Waals surface area contributed by atoms with E-state index in [-0.39, 0.29) is 28.5 Å². The van der Waals surface area contributed by atoms with Crippen LogP contribution in [0.15, 0.2) is 121 Å². The Hall–Kier alpha value is -5.22. The van der Waals surface area contributed by atoms with Gasteiger partial charge in [0.05, 0.1) is 11.2 Å². The van der Waals surface area contributed by atoms with Crippen molar-refractivity contribution in [3.63, 3.8) is 0 Å². The van der Waals surface area contributed by atoms with Crippen molar-refractivity contribution in [2.24, 2.45) is 0 Å². The van der Waals surface area contributed by atoms with Gasteiger partial charge in [-0.1, -0.05) is 139 Å². The Morgan fingerprint density at radius 1 is 0.569 bits per heavy atom. The number of fused-ring (bicyclic) bond motifs is 7. The number of hydrogen-bond acceptors (Lipinski definition) is 3. The zero-order valence-corrected chi connectivity index (χ0v) is 36.3. The van der Waals surface area contributed by atoms with Gasteiger partial charge in [-0.15, -0.1) is 0 Å². The van der Waals surface area contributed by atoms with Crippen LogP contribution < -0.4 is 31.1 Å². The molecule has 1 saturated carbocycles. The molecule has 1 aliphatic carbocycles. The average Bonchev–Trinajstić information content (AvgIpc) is 3.41. The van der Waals surface area contributed by atoms with Crippen LogP contribution in [0.3, 0.4) is 0 Å². The Morgan fingerprint density at radius 2 is 1.17 bits per heavy atom. The number of aryl methyl sites for hydroxylation is 2.